The summed E-state index contributed by atoms with van der Waals surface area (Å²) < 4.78 is 0. The van der Waals surface area contributed by atoms with E-state index in [0.717, 1.165) is 37.1 Å². The van der Waals surface area contributed by atoms with E-state index in [0.29, 0.717) is 4.99 Å². The Hall–Kier alpha value is -1.46. The molecule has 1 aromatic rings. The number of benzene rings is 1. The van der Waals surface area contributed by atoms with Crippen molar-refractivity contribution in [3.8, 4) is 0 Å². The van der Waals surface area contributed by atoms with E-state index in [9.17, 15) is 4.79 Å². The predicted molar refractivity (Wildman–Crippen MR) is 79.7 cm³/mol. The van der Waals surface area contributed by atoms with Gasteiger partial charge in [-0.2, -0.15) is 0 Å². The molecule has 19 heavy (non-hydrogen) atoms. The summed E-state index contributed by atoms with van der Waals surface area (Å²) in [7, 11) is 0. The molecular formula is C14H19N3OS. The zero-order valence-corrected chi connectivity index (χ0v) is 11.9. The Balaban J connectivity index is 2.15. The van der Waals surface area contributed by atoms with E-state index >= 15 is 0 Å². The summed E-state index contributed by atoms with van der Waals surface area (Å²) in [6, 6.07) is 5.82. The van der Waals surface area contributed by atoms with Gasteiger partial charge in [0.1, 0.15) is 4.99 Å². The summed E-state index contributed by atoms with van der Waals surface area (Å²) in [5.74, 6) is -0.227. The average molecular weight is 277 g/mol. The van der Waals surface area contributed by atoms with Crippen LogP contribution < -0.4 is 11.5 Å². The lowest BCUT2D eigenvalue weighted by Gasteiger charge is -2.22. The molecule has 1 amide bonds. The highest BCUT2D eigenvalue weighted by molar-refractivity contribution is 7.80. The van der Waals surface area contributed by atoms with Gasteiger partial charge in [0, 0.05) is 12.1 Å². The molecule has 1 fully saturated rings. The van der Waals surface area contributed by atoms with Crippen molar-refractivity contribution in [3.63, 3.8) is 0 Å². The van der Waals surface area contributed by atoms with E-state index < -0.39 is 0 Å². The molecule has 1 atom stereocenters. The Kier molecular flexibility index (Phi) is 4.17. The van der Waals surface area contributed by atoms with Gasteiger partial charge in [-0.1, -0.05) is 24.4 Å². The smallest absolute Gasteiger partial charge is 0.234 e. The molecule has 4 nitrogen and oxygen atoms in total. The van der Waals surface area contributed by atoms with Gasteiger partial charge in [-0.3, -0.25) is 9.69 Å². The molecule has 0 bridgehead atoms. The summed E-state index contributed by atoms with van der Waals surface area (Å²) >= 11 is 4.97. The third kappa shape index (κ3) is 3.11. The van der Waals surface area contributed by atoms with Crippen molar-refractivity contribution >= 4 is 23.1 Å². The van der Waals surface area contributed by atoms with E-state index in [2.05, 4.69) is 4.90 Å². The Morgan fingerprint density at radius 1 is 1.47 bits per heavy atom. The predicted octanol–water partition coefficient (Wildman–Crippen LogP) is 1.08. The molecule has 1 aliphatic rings. The Bertz CT molecular complexity index is 515. The lowest BCUT2D eigenvalue weighted by molar-refractivity contribution is -0.122. The van der Waals surface area contributed by atoms with Crippen LogP contribution in [0.25, 0.3) is 0 Å². The van der Waals surface area contributed by atoms with Crippen molar-refractivity contribution in [2.24, 2.45) is 11.5 Å². The van der Waals surface area contributed by atoms with Gasteiger partial charge in [-0.15, -0.1) is 0 Å². The van der Waals surface area contributed by atoms with Crippen LogP contribution in [-0.4, -0.2) is 28.4 Å². The monoisotopic (exact) mass is 277 g/mol. The Morgan fingerprint density at radius 3 is 2.79 bits per heavy atom. The molecule has 1 saturated heterocycles. The summed E-state index contributed by atoms with van der Waals surface area (Å²) in [5, 5.41) is 0. The summed E-state index contributed by atoms with van der Waals surface area (Å²) in [5.41, 5.74) is 14.3. The van der Waals surface area contributed by atoms with Crippen LogP contribution >= 0.6 is 12.2 Å². The van der Waals surface area contributed by atoms with Gasteiger partial charge >= 0.3 is 0 Å². The highest BCUT2D eigenvalue weighted by Crippen LogP contribution is 2.21. The minimum Gasteiger partial charge on any atom is -0.389 e. The van der Waals surface area contributed by atoms with Crippen molar-refractivity contribution < 1.29 is 4.79 Å². The highest BCUT2D eigenvalue weighted by Gasteiger charge is 2.28. The van der Waals surface area contributed by atoms with Crippen LogP contribution in [0, 0.1) is 6.92 Å². The van der Waals surface area contributed by atoms with E-state index in [1.807, 2.05) is 25.1 Å². The molecule has 5 heteroatoms. The fraction of sp³-hybridized carbons (Fsp3) is 0.429. The van der Waals surface area contributed by atoms with Crippen LogP contribution in [0.2, 0.25) is 0 Å². The second-order valence-electron chi connectivity index (χ2n) is 5.04. The normalized spacial score (nSPS) is 19.5. The number of thiocarbonyl (C=S) groups is 1. The first-order valence-corrected chi connectivity index (χ1v) is 6.82. The first kappa shape index (κ1) is 14.0. The maximum absolute atomic E-state index is 11.4. The lowest BCUT2D eigenvalue weighted by atomic mass is 10.0. The molecule has 1 aromatic carbocycles. The molecule has 0 radical (unpaired) electrons. The number of hydrogen-bond donors (Lipinski definition) is 2. The summed E-state index contributed by atoms with van der Waals surface area (Å²) in [4.78, 5) is 13.9. The first-order chi connectivity index (χ1) is 8.99. The molecule has 0 spiro atoms. The van der Waals surface area contributed by atoms with Crippen LogP contribution in [0.1, 0.15) is 29.5 Å². The number of likely N-dealkylation sites (tertiary alicyclic amines) is 1. The third-order valence-electron chi connectivity index (χ3n) is 3.69. The summed E-state index contributed by atoms with van der Waals surface area (Å²) in [6.07, 6.45) is 1.89. The second-order valence-corrected chi connectivity index (χ2v) is 5.48. The maximum Gasteiger partial charge on any atom is 0.234 e. The zero-order valence-electron chi connectivity index (χ0n) is 11.1. The van der Waals surface area contributed by atoms with Crippen LogP contribution in [0.3, 0.4) is 0 Å². The van der Waals surface area contributed by atoms with E-state index in [-0.39, 0.29) is 11.9 Å². The largest absolute Gasteiger partial charge is 0.389 e. The van der Waals surface area contributed by atoms with Gasteiger partial charge in [-0.25, -0.2) is 0 Å². The maximum atomic E-state index is 11.4. The number of aryl methyl sites for hydroxylation is 1. The first-order valence-electron chi connectivity index (χ1n) is 6.41. The summed E-state index contributed by atoms with van der Waals surface area (Å²) in [6.45, 7) is 3.70. The van der Waals surface area contributed by atoms with E-state index in [1.165, 1.54) is 5.56 Å². The number of primary amides is 1. The van der Waals surface area contributed by atoms with E-state index in [1.54, 1.807) is 0 Å². The minimum atomic E-state index is -0.227. The third-order valence-corrected chi connectivity index (χ3v) is 3.93. The fourth-order valence-electron chi connectivity index (χ4n) is 2.58. The van der Waals surface area contributed by atoms with E-state index in [4.69, 9.17) is 23.7 Å². The van der Waals surface area contributed by atoms with Crippen molar-refractivity contribution in [2.45, 2.75) is 32.4 Å². The Labute approximate surface area is 118 Å². The van der Waals surface area contributed by atoms with Crippen molar-refractivity contribution in [2.75, 3.05) is 6.54 Å². The molecule has 4 N–H and O–H groups in total. The van der Waals surface area contributed by atoms with Gasteiger partial charge in [0.15, 0.2) is 0 Å². The van der Waals surface area contributed by atoms with Crippen molar-refractivity contribution in [1.29, 1.82) is 0 Å². The van der Waals surface area contributed by atoms with Gasteiger partial charge in [-0.05, 0) is 43.5 Å². The average Bonchev–Trinajstić information content (AvgIpc) is 2.79. The van der Waals surface area contributed by atoms with Crippen LogP contribution in [0.15, 0.2) is 18.2 Å². The zero-order chi connectivity index (χ0) is 14.0. The fourth-order valence-corrected chi connectivity index (χ4v) is 2.71. The molecule has 1 unspecified atom stereocenters. The van der Waals surface area contributed by atoms with Gasteiger partial charge in [0.05, 0.1) is 6.04 Å². The molecule has 1 heterocycles. The number of nitrogens with zero attached hydrogens (tertiary/aromatic N) is 1. The quantitative estimate of drug-likeness (QED) is 0.808. The highest BCUT2D eigenvalue weighted by atomic mass is 32.1. The number of nitrogens with two attached hydrogens (primary N) is 2. The number of carbonyl (C=O) groups excluding carboxylic acids is 1. The van der Waals surface area contributed by atoms with Gasteiger partial charge in [0.2, 0.25) is 5.91 Å². The van der Waals surface area contributed by atoms with Crippen LogP contribution in [-0.2, 0) is 11.3 Å². The number of rotatable bonds is 4. The number of amides is 1. The van der Waals surface area contributed by atoms with Crippen molar-refractivity contribution in [3.05, 3.63) is 34.9 Å². The second kappa shape index (κ2) is 5.67. The number of hydrogen-bond acceptors (Lipinski definition) is 3. The van der Waals surface area contributed by atoms with Gasteiger partial charge < -0.3 is 11.5 Å². The number of carbonyl (C=O) groups is 1. The molecule has 0 aromatic heterocycles. The van der Waals surface area contributed by atoms with Crippen LogP contribution in [0.5, 0.6) is 0 Å². The van der Waals surface area contributed by atoms with Gasteiger partial charge in [0.25, 0.3) is 0 Å². The molecule has 1 aliphatic heterocycles. The molecular weight excluding hydrogens is 258 g/mol. The standard InChI is InChI=1S/C14H19N3OS/c1-9-7-10(14(16)19)4-5-11(9)8-17-6-2-3-12(17)13(15)18/h4-5,7,12H,2-3,6,8H2,1H3,(H2,15,18)(H2,16,19). The topological polar surface area (TPSA) is 72.3 Å². The molecule has 0 saturated carbocycles. The Morgan fingerprint density at radius 2 is 2.21 bits per heavy atom. The molecule has 102 valence electrons. The van der Waals surface area contributed by atoms with Crippen LogP contribution in [0.4, 0.5) is 0 Å². The molecule has 2 rings (SSSR count). The van der Waals surface area contributed by atoms with Crippen molar-refractivity contribution in [1.82, 2.24) is 4.90 Å². The lowest BCUT2D eigenvalue weighted by Crippen LogP contribution is -2.39. The molecule has 0 aliphatic carbocycles. The minimum absolute atomic E-state index is 0.130. The SMILES string of the molecule is Cc1cc(C(N)=S)ccc1CN1CCCC1C(N)=O.